The molecule has 2 N–H and O–H groups in total. The first-order valence-electron chi connectivity index (χ1n) is 7.04. The van der Waals surface area contributed by atoms with Crippen LogP contribution in [0.5, 0.6) is 11.5 Å². The third-order valence-electron chi connectivity index (χ3n) is 3.70. The van der Waals surface area contributed by atoms with Gasteiger partial charge < -0.3 is 15.2 Å². The van der Waals surface area contributed by atoms with E-state index in [1.165, 1.54) is 12.1 Å². The van der Waals surface area contributed by atoms with Crippen LogP contribution < -0.4 is 15.2 Å². The van der Waals surface area contributed by atoms with Crippen molar-refractivity contribution in [1.29, 1.82) is 0 Å². The predicted molar refractivity (Wildman–Crippen MR) is 79.2 cm³/mol. The second kappa shape index (κ2) is 5.74. The number of hydrogen-bond acceptors (Lipinski definition) is 3. The highest BCUT2D eigenvalue weighted by Gasteiger charge is 2.24. The van der Waals surface area contributed by atoms with E-state index in [9.17, 15) is 4.39 Å². The number of para-hydroxylation sites is 1. The average Bonchev–Trinajstić information content (AvgIpc) is 2.89. The third kappa shape index (κ3) is 2.85. The maximum absolute atomic E-state index is 13.3. The van der Waals surface area contributed by atoms with Gasteiger partial charge in [0.2, 0.25) is 0 Å². The molecule has 0 bridgehead atoms. The first-order valence-corrected chi connectivity index (χ1v) is 7.04. The van der Waals surface area contributed by atoms with Gasteiger partial charge in [0.05, 0.1) is 19.1 Å². The Bertz CT molecular complexity index is 642. The summed E-state index contributed by atoms with van der Waals surface area (Å²) in [7, 11) is 0. The van der Waals surface area contributed by atoms with Crippen LogP contribution >= 0.6 is 0 Å². The van der Waals surface area contributed by atoms with Gasteiger partial charge in [-0.15, -0.1) is 0 Å². The zero-order valence-corrected chi connectivity index (χ0v) is 11.9. The van der Waals surface area contributed by atoms with E-state index < -0.39 is 0 Å². The Morgan fingerprint density at radius 3 is 2.95 bits per heavy atom. The van der Waals surface area contributed by atoms with Gasteiger partial charge in [0.15, 0.2) is 0 Å². The standard InChI is InChI=1S/C17H18FNO2/c1-11(19)15-8-13(18)6-7-17(15)21-10-12-9-20-16-5-3-2-4-14(12)16/h2-8,11-12H,9-10,19H2,1H3. The van der Waals surface area contributed by atoms with Crippen molar-refractivity contribution in [2.45, 2.75) is 18.9 Å². The summed E-state index contributed by atoms with van der Waals surface area (Å²) in [6.07, 6.45) is 0. The molecule has 110 valence electrons. The van der Waals surface area contributed by atoms with Gasteiger partial charge in [-0.25, -0.2) is 4.39 Å². The van der Waals surface area contributed by atoms with Gasteiger partial charge >= 0.3 is 0 Å². The molecule has 0 spiro atoms. The Hall–Kier alpha value is -2.07. The molecular formula is C17H18FNO2. The van der Waals surface area contributed by atoms with Gasteiger partial charge in [0.25, 0.3) is 0 Å². The second-order valence-corrected chi connectivity index (χ2v) is 5.33. The number of fused-ring (bicyclic) bond motifs is 1. The van der Waals surface area contributed by atoms with Crippen LogP contribution in [-0.4, -0.2) is 13.2 Å². The van der Waals surface area contributed by atoms with Crippen molar-refractivity contribution in [2.75, 3.05) is 13.2 Å². The van der Waals surface area contributed by atoms with Crippen molar-refractivity contribution < 1.29 is 13.9 Å². The van der Waals surface area contributed by atoms with Crippen molar-refractivity contribution >= 4 is 0 Å². The van der Waals surface area contributed by atoms with Crippen molar-refractivity contribution in [3.05, 3.63) is 59.4 Å². The summed E-state index contributed by atoms with van der Waals surface area (Å²) in [6.45, 7) is 2.91. The monoisotopic (exact) mass is 287 g/mol. The van der Waals surface area contributed by atoms with E-state index in [1.54, 1.807) is 6.07 Å². The molecule has 0 saturated carbocycles. The highest BCUT2D eigenvalue weighted by Crippen LogP contribution is 2.34. The lowest BCUT2D eigenvalue weighted by Gasteiger charge is -2.16. The highest BCUT2D eigenvalue weighted by molar-refractivity contribution is 5.40. The van der Waals surface area contributed by atoms with E-state index in [2.05, 4.69) is 0 Å². The van der Waals surface area contributed by atoms with E-state index in [-0.39, 0.29) is 17.8 Å². The SMILES string of the molecule is CC(N)c1cc(F)ccc1OCC1COc2ccccc21. The fourth-order valence-electron chi connectivity index (χ4n) is 2.56. The Balaban J connectivity index is 1.75. The summed E-state index contributed by atoms with van der Waals surface area (Å²) in [5.74, 6) is 1.43. The molecule has 3 rings (SSSR count). The molecule has 21 heavy (non-hydrogen) atoms. The number of halogens is 1. The second-order valence-electron chi connectivity index (χ2n) is 5.33. The molecule has 0 amide bonds. The fraction of sp³-hybridized carbons (Fsp3) is 0.294. The molecule has 2 unspecified atom stereocenters. The molecule has 0 fully saturated rings. The first kappa shape index (κ1) is 13.9. The lowest BCUT2D eigenvalue weighted by atomic mass is 10.0. The van der Waals surface area contributed by atoms with Crippen LogP contribution in [0.2, 0.25) is 0 Å². The topological polar surface area (TPSA) is 44.5 Å². The zero-order valence-electron chi connectivity index (χ0n) is 11.9. The molecule has 1 heterocycles. The normalized spacial score (nSPS) is 18.0. The molecular weight excluding hydrogens is 269 g/mol. The van der Waals surface area contributed by atoms with Gasteiger partial charge in [0, 0.05) is 17.2 Å². The van der Waals surface area contributed by atoms with Gasteiger partial charge in [0.1, 0.15) is 17.3 Å². The molecule has 2 aromatic rings. The van der Waals surface area contributed by atoms with Crippen LogP contribution in [0.3, 0.4) is 0 Å². The summed E-state index contributed by atoms with van der Waals surface area (Å²) < 4.78 is 24.8. The van der Waals surface area contributed by atoms with Crippen molar-refractivity contribution in [3.63, 3.8) is 0 Å². The van der Waals surface area contributed by atoms with Crippen LogP contribution in [0.25, 0.3) is 0 Å². The Morgan fingerprint density at radius 2 is 2.14 bits per heavy atom. The summed E-state index contributed by atoms with van der Waals surface area (Å²) in [4.78, 5) is 0. The van der Waals surface area contributed by atoms with E-state index in [0.29, 0.717) is 24.5 Å². The van der Waals surface area contributed by atoms with Crippen molar-refractivity contribution in [2.24, 2.45) is 5.73 Å². The van der Waals surface area contributed by atoms with E-state index in [4.69, 9.17) is 15.2 Å². The molecule has 2 atom stereocenters. The highest BCUT2D eigenvalue weighted by atomic mass is 19.1. The Kier molecular flexibility index (Phi) is 3.80. The fourth-order valence-corrected chi connectivity index (χ4v) is 2.56. The van der Waals surface area contributed by atoms with Crippen molar-refractivity contribution in [1.82, 2.24) is 0 Å². The number of nitrogens with two attached hydrogens (primary N) is 1. The quantitative estimate of drug-likeness (QED) is 0.937. The number of benzene rings is 2. The maximum Gasteiger partial charge on any atom is 0.124 e. The van der Waals surface area contributed by atoms with E-state index in [0.717, 1.165) is 11.3 Å². The molecule has 1 aliphatic rings. The first-order chi connectivity index (χ1) is 10.1. The Morgan fingerprint density at radius 1 is 1.33 bits per heavy atom. The van der Waals surface area contributed by atoms with E-state index in [1.807, 2.05) is 31.2 Å². The molecule has 3 nitrogen and oxygen atoms in total. The smallest absolute Gasteiger partial charge is 0.124 e. The summed E-state index contributed by atoms with van der Waals surface area (Å²) in [5.41, 5.74) is 7.71. The molecule has 0 saturated heterocycles. The number of rotatable bonds is 4. The minimum Gasteiger partial charge on any atom is -0.493 e. The van der Waals surface area contributed by atoms with Crippen LogP contribution in [0.1, 0.15) is 30.0 Å². The zero-order chi connectivity index (χ0) is 14.8. The molecule has 1 aliphatic heterocycles. The average molecular weight is 287 g/mol. The molecule has 2 aromatic carbocycles. The van der Waals surface area contributed by atoms with Crippen LogP contribution in [0, 0.1) is 5.82 Å². The minimum atomic E-state index is -0.302. The van der Waals surface area contributed by atoms with E-state index >= 15 is 0 Å². The van der Waals surface area contributed by atoms with Gasteiger partial charge in [-0.05, 0) is 31.2 Å². The predicted octanol–water partition coefficient (Wildman–Crippen LogP) is 3.40. The maximum atomic E-state index is 13.3. The Labute approximate surface area is 123 Å². The largest absolute Gasteiger partial charge is 0.493 e. The van der Waals surface area contributed by atoms with Crippen LogP contribution in [0.4, 0.5) is 4.39 Å². The summed E-state index contributed by atoms with van der Waals surface area (Å²) in [5, 5.41) is 0. The lowest BCUT2D eigenvalue weighted by molar-refractivity contribution is 0.246. The summed E-state index contributed by atoms with van der Waals surface area (Å²) in [6, 6.07) is 12.1. The van der Waals surface area contributed by atoms with Crippen molar-refractivity contribution in [3.8, 4) is 11.5 Å². The number of ether oxygens (including phenoxy) is 2. The van der Waals surface area contributed by atoms with Gasteiger partial charge in [-0.2, -0.15) is 0 Å². The summed E-state index contributed by atoms with van der Waals surface area (Å²) >= 11 is 0. The van der Waals surface area contributed by atoms with Crippen LogP contribution in [0.15, 0.2) is 42.5 Å². The molecule has 0 aliphatic carbocycles. The molecule has 0 aromatic heterocycles. The van der Waals surface area contributed by atoms with Gasteiger partial charge in [-0.3, -0.25) is 0 Å². The third-order valence-corrected chi connectivity index (χ3v) is 3.70. The number of hydrogen-bond donors (Lipinski definition) is 1. The molecule has 0 radical (unpaired) electrons. The lowest BCUT2D eigenvalue weighted by Crippen LogP contribution is -2.14. The minimum absolute atomic E-state index is 0.187. The van der Waals surface area contributed by atoms with Gasteiger partial charge in [-0.1, -0.05) is 18.2 Å². The molecule has 4 heteroatoms. The van der Waals surface area contributed by atoms with Crippen LogP contribution in [-0.2, 0) is 0 Å².